The molecule has 3 N–H and O–H groups in total. The number of benzene rings is 1. The second kappa shape index (κ2) is 7.64. The molecule has 4 aromatic rings. The minimum atomic E-state index is -0.308. The van der Waals surface area contributed by atoms with Crippen LogP contribution in [0.5, 0.6) is 0 Å². The molecule has 5 rings (SSSR count). The smallest absolute Gasteiger partial charge is 0.276 e. The minimum Gasteiger partial charge on any atom is -0.324 e. The van der Waals surface area contributed by atoms with Crippen molar-refractivity contribution in [3.63, 3.8) is 0 Å². The van der Waals surface area contributed by atoms with Crippen molar-refractivity contribution in [3.8, 4) is 11.1 Å². The first-order valence-corrected chi connectivity index (χ1v) is 10.1. The number of aromatic nitrogens is 4. The Morgan fingerprint density at radius 3 is 2.68 bits per heavy atom. The van der Waals surface area contributed by atoms with Crippen molar-refractivity contribution in [2.24, 2.45) is 5.92 Å². The highest BCUT2D eigenvalue weighted by Crippen LogP contribution is 2.31. The van der Waals surface area contributed by atoms with E-state index in [1.807, 2.05) is 31.2 Å². The fraction of sp³-hybridized carbons (Fsp3) is 0.174. The van der Waals surface area contributed by atoms with E-state index in [1.165, 1.54) is 0 Å². The molecule has 0 atom stereocenters. The molecule has 2 amide bonds. The van der Waals surface area contributed by atoms with Crippen LogP contribution in [-0.4, -0.2) is 32.0 Å². The van der Waals surface area contributed by atoms with Crippen molar-refractivity contribution in [2.45, 2.75) is 19.8 Å². The van der Waals surface area contributed by atoms with Crippen LogP contribution in [0.1, 0.15) is 29.0 Å². The quantitative estimate of drug-likeness (QED) is 0.460. The van der Waals surface area contributed by atoms with Gasteiger partial charge in [0.05, 0.1) is 17.4 Å². The van der Waals surface area contributed by atoms with E-state index in [2.05, 4.69) is 30.8 Å². The molecule has 0 spiro atoms. The molecule has 0 saturated heterocycles. The molecule has 0 unspecified atom stereocenters. The highest BCUT2D eigenvalue weighted by atomic mass is 16.2. The molecule has 0 aliphatic heterocycles. The maximum Gasteiger partial charge on any atom is 0.276 e. The van der Waals surface area contributed by atoms with Crippen molar-refractivity contribution >= 4 is 34.1 Å². The highest BCUT2D eigenvalue weighted by molar-refractivity contribution is 6.11. The maximum absolute atomic E-state index is 12.8. The Kier molecular flexibility index (Phi) is 4.66. The third-order valence-corrected chi connectivity index (χ3v) is 5.22. The zero-order valence-electron chi connectivity index (χ0n) is 16.8. The third kappa shape index (κ3) is 4.00. The summed E-state index contributed by atoms with van der Waals surface area (Å²) in [5, 5.41) is 13.6. The normalized spacial score (nSPS) is 13.2. The number of fused-ring (bicyclic) bond motifs is 1. The number of aryl methyl sites for hydroxylation is 1. The van der Waals surface area contributed by atoms with E-state index >= 15 is 0 Å². The van der Waals surface area contributed by atoms with E-state index in [0.717, 1.165) is 35.2 Å². The Morgan fingerprint density at radius 1 is 1.00 bits per heavy atom. The molecule has 1 fully saturated rings. The Hall–Kier alpha value is -4.07. The number of hydrogen-bond acceptors (Lipinski definition) is 5. The number of anilines is 2. The number of nitrogens with one attached hydrogen (secondary N) is 3. The number of carbonyl (C=O) groups is 2. The van der Waals surface area contributed by atoms with Crippen molar-refractivity contribution in [2.75, 3.05) is 10.6 Å². The van der Waals surface area contributed by atoms with Gasteiger partial charge in [0.15, 0.2) is 5.69 Å². The lowest BCUT2D eigenvalue weighted by Gasteiger charge is -2.07. The van der Waals surface area contributed by atoms with Gasteiger partial charge in [-0.25, -0.2) is 0 Å². The number of H-pyrrole nitrogens is 1. The van der Waals surface area contributed by atoms with Crippen LogP contribution in [0, 0.1) is 12.8 Å². The molecule has 8 nitrogen and oxygen atoms in total. The van der Waals surface area contributed by atoms with Crippen LogP contribution in [-0.2, 0) is 4.79 Å². The molecule has 8 heteroatoms. The molecule has 1 aliphatic rings. The molecular formula is C23H20N6O2. The average molecular weight is 412 g/mol. The topological polar surface area (TPSA) is 113 Å². The van der Waals surface area contributed by atoms with Crippen LogP contribution in [0.2, 0.25) is 0 Å². The van der Waals surface area contributed by atoms with Gasteiger partial charge in [0.2, 0.25) is 5.91 Å². The van der Waals surface area contributed by atoms with Crippen LogP contribution in [0.4, 0.5) is 11.4 Å². The molecule has 1 saturated carbocycles. The lowest BCUT2D eigenvalue weighted by molar-refractivity contribution is -0.117. The predicted molar refractivity (Wildman–Crippen MR) is 118 cm³/mol. The Morgan fingerprint density at radius 2 is 1.87 bits per heavy atom. The summed E-state index contributed by atoms with van der Waals surface area (Å²) in [5.74, 6) is -0.150. The Labute approximate surface area is 178 Å². The van der Waals surface area contributed by atoms with E-state index in [9.17, 15) is 9.59 Å². The number of hydrogen-bond donors (Lipinski definition) is 3. The maximum atomic E-state index is 12.8. The summed E-state index contributed by atoms with van der Waals surface area (Å²) in [6.45, 7) is 1.86. The Bertz CT molecular complexity index is 1310. The summed E-state index contributed by atoms with van der Waals surface area (Å²) < 4.78 is 0. The molecule has 0 bridgehead atoms. The van der Waals surface area contributed by atoms with Crippen LogP contribution in [0.25, 0.3) is 22.0 Å². The van der Waals surface area contributed by atoms with E-state index in [1.54, 1.807) is 30.7 Å². The number of nitrogens with zero attached hydrogens (tertiary/aromatic N) is 3. The number of rotatable bonds is 5. The average Bonchev–Trinajstić information content (AvgIpc) is 3.53. The van der Waals surface area contributed by atoms with Crippen molar-refractivity contribution in [3.05, 3.63) is 66.4 Å². The lowest BCUT2D eigenvalue weighted by atomic mass is 10.0. The van der Waals surface area contributed by atoms with Gasteiger partial charge in [-0.1, -0.05) is 6.07 Å². The molecule has 0 radical (unpaired) electrons. The Balaban J connectivity index is 1.43. The molecule has 1 aromatic carbocycles. The van der Waals surface area contributed by atoms with Gasteiger partial charge < -0.3 is 10.6 Å². The van der Waals surface area contributed by atoms with E-state index in [0.29, 0.717) is 22.5 Å². The van der Waals surface area contributed by atoms with Gasteiger partial charge in [-0.2, -0.15) is 5.10 Å². The van der Waals surface area contributed by atoms with Gasteiger partial charge >= 0.3 is 0 Å². The van der Waals surface area contributed by atoms with Gasteiger partial charge in [0, 0.05) is 40.6 Å². The van der Waals surface area contributed by atoms with Gasteiger partial charge in [-0.3, -0.25) is 24.7 Å². The summed E-state index contributed by atoms with van der Waals surface area (Å²) in [6.07, 6.45) is 6.90. The molecule has 31 heavy (non-hydrogen) atoms. The zero-order chi connectivity index (χ0) is 21.4. The van der Waals surface area contributed by atoms with E-state index < -0.39 is 0 Å². The first-order valence-electron chi connectivity index (χ1n) is 10.1. The number of pyridine rings is 2. The summed E-state index contributed by atoms with van der Waals surface area (Å²) in [4.78, 5) is 33.3. The van der Waals surface area contributed by atoms with Gasteiger partial charge in [0.25, 0.3) is 5.91 Å². The minimum absolute atomic E-state index is 0.0366. The standard InChI is InChI=1S/C23H20N6O2/c1-13-8-17(6-7-25-13)26-23(31)21-19-10-15(4-5-20(19)28-29-21)16-9-18(12-24-11-16)27-22(30)14-2-3-14/h4-12,14H,2-3H2,1H3,(H,27,30)(H,28,29)(H,25,26,31). The predicted octanol–water partition coefficient (Wildman–Crippen LogP) is 3.93. The van der Waals surface area contributed by atoms with E-state index in [-0.39, 0.29) is 17.7 Å². The molecule has 1 aliphatic carbocycles. The van der Waals surface area contributed by atoms with Gasteiger partial charge in [0.1, 0.15) is 0 Å². The summed E-state index contributed by atoms with van der Waals surface area (Å²) in [5.41, 5.74) is 4.91. The molecule has 154 valence electrons. The first-order chi connectivity index (χ1) is 15.1. The fourth-order valence-electron chi connectivity index (χ4n) is 3.44. The molecular weight excluding hydrogens is 392 g/mol. The SMILES string of the molecule is Cc1cc(NC(=O)c2n[nH]c3ccc(-c4cncc(NC(=O)C5CC5)c4)cc23)ccn1. The zero-order valence-corrected chi connectivity index (χ0v) is 16.8. The summed E-state index contributed by atoms with van der Waals surface area (Å²) in [6, 6.07) is 11.1. The van der Waals surface area contributed by atoms with Crippen LogP contribution in [0.3, 0.4) is 0 Å². The first kappa shape index (κ1) is 18.9. The second-order valence-corrected chi connectivity index (χ2v) is 7.70. The van der Waals surface area contributed by atoms with Crippen molar-refractivity contribution < 1.29 is 9.59 Å². The van der Waals surface area contributed by atoms with Gasteiger partial charge in [-0.05, 0) is 55.7 Å². The highest BCUT2D eigenvalue weighted by Gasteiger charge is 2.29. The fourth-order valence-corrected chi connectivity index (χ4v) is 3.44. The largest absolute Gasteiger partial charge is 0.324 e. The summed E-state index contributed by atoms with van der Waals surface area (Å²) in [7, 11) is 0. The number of carbonyl (C=O) groups excluding carboxylic acids is 2. The van der Waals surface area contributed by atoms with Crippen molar-refractivity contribution in [1.82, 2.24) is 20.2 Å². The van der Waals surface area contributed by atoms with E-state index in [4.69, 9.17) is 0 Å². The van der Waals surface area contributed by atoms with Crippen LogP contribution in [0.15, 0.2) is 55.0 Å². The lowest BCUT2D eigenvalue weighted by Crippen LogP contribution is -2.13. The summed E-state index contributed by atoms with van der Waals surface area (Å²) >= 11 is 0. The van der Waals surface area contributed by atoms with Gasteiger partial charge in [-0.15, -0.1) is 0 Å². The van der Waals surface area contributed by atoms with Crippen LogP contribution >= 0.6 is 0 Å². The molecule has 3 heterocycles. The molecule has 3 aromatic heterocycles. The number of amides is 2. The monoisotopic (exact) mass is 412 g/mol. The third-order valence-electron chi connectivity index (χ3n) is 5.22. The second-order valence-electron chi connectivity index (χ2n) is 7.70. The van der Waals surface area contributed by atoms with Crippen molar-refractivity contribution in [1.29, 1.82) is 0 Å². The van der Waals surface area contributed by atoms with Crippen LogP contribution < -0.4 is 10.6 Å². The number of aromatic amines is 1.